The molecule has 0 aliphatic rings. The zero-order chi connectivity index (χ0) is 13.1. The minimum atomic E-state index is -0.771. The smallest absolute Gasteiger partial charge is 0.304 e. The van der Waals surface area contributed by atoms with Crippen LogP contribution < -0.4 is 0 Å². The molecule has 2 rings (SSSR count). The van der Waals surface area contributed by atoms with Crippen molar-refractivity contribution in [2.45, 2.75) is 19.9 Å². The van der Waals surface area contributed by atoms with Gasteiger partial charge in [0.25, 0.3) is 0 Å². The summed E-state index contributed by atoms with van der Waals surface area (Å²) in [5, 5.41) is 8.63. The molecule has 0 bridgehead atoms. The number of nitrogens with zero attached hydrogens (tertiary/aromatic N) is 3. The van der Waals surface area contributed by atoms with Gasteiger partial charge in [-0.1, -0.05) is 6.07 Å². The van der Waals surface area contributed by atoms with E-state index in [9.17, 15) is 4.79 Å². The lowest BCUT2D eigenvalue weighted by atomic mass is 10.3. The van der Waals surface area contributed by atoms with E-state index in [0.717, 1.165) is 11.3 Å². The molecule has 5 heteroatoms. The predicted octanol–water partition coefficient (Wildman–Crippen LogP) is 1.55. The second kappa shape index (κ2) is 5.18. The number of aryl methyl sites for hydroxylation is 1. The quantitative estimate of drug-likeness (QED) is 0.871. The van der Waals surface area contributed by atoms with Crippen molar-refractivity contribution in [2.24, 2.45) is 0 Å². The predicted molar refractivity (Wildman–Crippen MR) is 68.5 cm³/mol. The summed E-state index contributed by atoms with van der Waals surface area (Å²) < 4.78 is 2.00. The molecule has 0 spiro atoms. The molecule has 0 atom stereocenters. The van der Waals surface area contributed by atoms with Crippen LogP contribution in [0, 0.1) is 6.92 Å². The fraction of sp³-hybridized carbons (Fsp3) is 0.385. The minimum absolute atomic E-state index is 0.156. The molecule has 0 fully saturated rings. The summed E-state index contributed by atoms with van der Waals surface area (Å²) in [6.07, 6.45) is 4.17. The number of carboxylic acids is 1. The van der Waals surface area contributed by atoms with Crippen molar-refractivity contribution in [2.75, 3.05) is 13.6 Å². The Balaban J connectivity index is 2.05. The molecule has 0 saturated heterocycles. The third-order valence-corrected chi connectivity index (χ3v) is 2.79. The molecular weight excluding hydrogens is 230 g/mol. The highest BCUT2D eigenvalue weighted by Gasteiger charge is 2.06. The van der Waals surface area contributed by atoms with Gasteiger partial charge in [0.15, 0.2) is 0 Å². The van der Waals surface area contributed by atoms with E-state index in [1.807, 2.05) is 47.8 Å². The number of rotatable bonds is 5. The number of hydrogen-bond donors (Lipinski definition) is 1. The van der Waals surface area contributed by atoms with E-state index in [2.05, 4.69) is 4.98 Å². The number of pyridine rings is 1. The number of fused-ring (bicyclic) bond motifs is 1. The monoisotopic (exact) mass is 247 g/mol. The highest BCUT2D eigenvalue weighted by atomic mass is 16.4. The first-order chi connectivity index (χ1) is 8.54. The molecule has 0 amide bonds. The highest BCUT2D eigenvalue weighted by Crippen LogP contribution is 2.08. The highest BCUT2D eigenvalue weighted by molar-refractivity contribution is 5.66. The molecule has 2 aromatic rings. The van der Waals surface area contributed by atoms with Gasteiger partial charge < -0.3 is 9.51 Å². The van der Waals surface area contributed by atoms with Crippen molar-refractivity contribution in [1.82, 2.24) is 14.3 Å². The van der Waals surface area contributed by atoms with Crippen LogP contribution in [0.3, 0.4) is 0 Å². The average Bonchev–Trinajstić information content (AvgIpc) is 2.67. The van der Waals surface area contributed by atoms with E-state index in [-0.39, 0.29) is 6.42 Å². The van der Waals surface area contributed by atoms with Gasteiger partial charge in [0, 0.05) is 25.5 Å². The van der Waals surface area contributed by atoms with E-state index in [1.165, 1.54) is 5.56 Å². The van der Waals surface area contributed by atoms with Gasteiger partial charge >= 0.3 is 5.97 Å². The summed E-state index contributed by atoms with van der Waals surface area (Å²) >= 11 is 0. The SMILES string of the molecule is Cc1ccc2nc(CN(C)CCC(=O)O)cn2c1. The van der Waals surface area contributed by atoms with Crippen LogP contribution in [0.15, 0.2) is 24.5 Å². The second-order valence-electron chi connectivity index (χ2n) is 4.59. The van der Waals surface area contributed by atoms with Crippen LogP contribution in [0.4, 0.5) is 0 Å². The Labute approximate surface area is 106 Å². The van der Waals surface area contributed by atoms with E-state index in [4.69, 9.17) is 5.11 Å². The molecule has 0 aliphatic heterocycles. The number of aliphatic carboxylic acids is 1. The van der Waals surface area contributed by atoms with Crippen LogP contribution in [0.5, 0.6) is 0 Å². The Morgan fingerprint density at radius 1 is 1.44 bits per heavy atom. The average molecular weight is 247 g/mol. The lowest BCUT2D eigenvalue weighted by Gasteiger charge is -2.12. The van der Waals surface area contributed by atoms with Gasteiger partial charge in [-0.15, -0.1) is 0 Å². The maximum Gasteiger partial charge on any atom is 0.304 e. The van der Waals surface area contributed by atoms with Crippen LogP contribution >= 0.6 is 0 Å². The molecule has 2 heterocycles. The summed E-state index contributed by atoms with van der Waals surface area (Å²) in [6.45, 7) is 3.23. The number of imidazole rings is 1. The van der Waals surface area contributed by atoms with Gasteiger partial charge in [-0.25, -0.2) is 4.98 Å². The minimum Gasteiger partial charge on any atom is -0.481 e. The van der Waals surface area contributed by atoms with Gasteiger partial charge in [0.2, 0.25) is 0 Å². The summed E-state index contributed by atoms with van der Waals surface area (Å²) in [7, 11) is 1.90. The van der Waals surface area contributed by atoms with Crippen molar-refractivity contribution in [3.63, 3.8) is 0 Å². The van der Waals surface area contributed by atoms with Crippen molar-refractivity contribution >= 4 is 11.6 Å². The Morgan fingerprint density at radius 2 is 2.22 bits per heavy atom. The first kappa shape index (κ1) is 12.6. The molecule has 96 valence electrons. The molecule has 0 aliphatic carbocycles. The Morgan fingerprint density at radius 3 is 2.94 bits per heavy atom. The summed E-state index contributed by atoms with van der Waals surface area (Å²) in [4.78, 5) is 16.9. The van der Waals surface area contributed by atoms with Crippen molar-refractivity contribution in [1.29, 1.82) is 0 Å². The molecule has 18 heavy (non-hydrogen) atoms. The van der Waals surface area contributed by atoms with Crippen molar-refractivity contribution in [3.8, 4) is 0 Å². The van der Waals surface area contributed by atoms with Gasteiger partial charge in [-0.05, 0) is 25.6 Å². The Bertz CT molecular complexity index is 562. The molecular formula is C13H17N3O2. The number of carboxylic acid groups (broad SMARTS) is 1. The summed E-state index contributed by atoms with van der Waals surface area (Å²) in [5.41, 5.74) is 3.06. The largest absolute Gasteiger partial charge is 0.481 e. The second-order valence-corrected chi connectivity index (χ2v) is 4.59. The number of aromatic nitrogens is 2. The number of hydrogen-bond acceptors (Lipinski definition) is 3. The van der Waals surface area contributed by atoms with Crippen molar-refractivity contribution in [3.05, 3.63) is 35.8 Å². The molecule has 5 nitrogen and oxygen atoms in total. The first-order valence-electron chi connectivity index (χ1n) is 5.89. The molecule has 1 N–H and O–H groups in total. The third-order valence-electron chi connectivity index (χ3n) is 2.79. The Kier molecular flexibility index (Phi) is 3.62. The van der Waals surface area contributed by atoms with Crippen LogP contribution in [-0.4, -0.2) is 39.0 Å². The first-order valence-corrected chi connectivity index (χ1v) is 5.89. The lowest BCUT2D eigenvalue weighted by molar-refractivity contribution is -0.137. The fourth-order valence-corrected chi connectivity index (χ4v) is 1.87. The van der Waals surface area contributed by atoms with E-state index in [1.54, 1.807) is 0 Å². The molecule has 0 saturated carbocycles. The molecule has 0 unspecified atom stereocenters. The van der Waals surface area contributed by atoms with Gasteiger partial charge in [-0.3, -0.25) is 9.69 Å². The van der Waals surface area contributed by atoms with Gasteiger partial charge in [0.1, 0.15) is 5.65 Å². The number of carbonyl (C=O) groups is 1. The van der Waals surface area contributed by atoms with Crippen LogP contribution in [0.25, 0.3) is 5.65 Å². The van der Waals surface area contributed by atoms with E-state index < -0.39 is 5.97 Å². The zero-order valence-corrected chi connectivity index (χ0v) is 10.6. The zero-order valence-electron chi connectivity index (χ0n) is 10.6. The van der Waals surface area contributed by atoms with Gasteiger partial charge in [0.05, 0.1) is 12.1 Å². The normalized spacial score (nSPS) is 11.3. The van der Waals surface area contributed by atoms with Crippen molar-refractivity contribution < 1.29 is 9.90 Å². The summed E-state index contributed by atoms with van der Waals surface area (Å²) in [5.74, 6) is -0.771. The maximum absolute atomic E-state index is 10.5. The van der Waals surface area contributed by atoms with Crippen LogP contribution in [-0.2, 0) is 11.3 Å². The topological polar surface area (TPSA) is 57.8 Å². The maximum atomic E-state index is 10.5. The standard InChI is InChI=1S/C13H17N3O2/c1-10-3-4-12-14-11(9-16(12)7-10)8-15(2)6-5-13(17)18/h3-4,7,9H,5-6,8H2,1-2H3,(H,17,18). The van der Waals surface area contributed by atoms with Crippen LogP contribution in [0.2, 0.25) is 0 Å². The molecule has 2 aromatic heterocycles. The lowest BCUT2D eigenvalue weighted by Crippen LogP contribution is -2.21. The summed E-state index contributed by atoms with van der Waals surface area (Å²) in [6, 6.07) is 4.01. The molecule has 0 radical (unpaired) electrons. The third kappa shape index (κ3) is 3.07. The Hall–Kier alpha value is -1.88. The van der Waals surface area contributed by atoms with Gasteiger partial charge in [-0.2, -0.15) is 0 Å². The van der Waals surface area contributed by atoms with Crippen LogP contribution in [0.1, 0.15) is 17.7 Å². The van der Waals surface area contributed by atoms with E-state index in [0.29, 0.717) is 13.1 Å². The van der Waals surface area contributed by atoms with E-state index >= 15 is 0 Å². The molecule has 0 aromatic carbocycles. The fourth-order valence-electron chi connectivity index (χ4n) is 1.87.